The van der Waals surface area contributed by atoms with Crippen LogP contribution in [-0.2, 0) is 0 Å². The van der Waals surface area contributed by atoms with Gasteiger partial charge in [-0.05, 0) is 25.8 Å². The molecule has 78 valence electrons. The first kappa shape index (κ1) is 8.11. The van der Waals surface area contributed by atoms with Crippen molar-refractivity contribution in [2.24, 2.45) is 0 Å². The minimum atomic E-state index is 0.0725. The number of ether oxygens (including phenoxy) is 1. The molecule has 2 fully saturated rings. The summed E-state index contributed by atoms with van der Waals surface area (Å²) in [5.74, 6) is 1.44. The lowest BCUT2D eigenvalue weighted by Gasteiger charge is -2.43. The van der Waals surface area contributed by atoms with E-state index in [0.29, 0.717) is 12.0 Å². The Hall–Kier alpha value is -1.09. The number of hydrogen-bond acceptors (Lipinski definition) is 3. The number of aromatic nitrogens is 1. The highest BCUT2D eigenvalue weighted by atomic mass is 16.5. The van der Waals surface area contributed by atoms with Crippen LogP contribution in [0.5, 0.6) is 5.88 Å². The fraction of sp³-hybridized carbons (Fsp3) is 0.583. The molecule has 3 heteroatoms. The highest BCUT2D eigenvalue weighted by Gasteiger charge is 2.63. The van der Waals surface area contributed by atoms with Crippen LogP contribution in [0.1, 0.15) is 30.0 Å². The maximum Gasteiger partial charge on any atom is 0.217 e. The molecule has 0 aromatic carbocycles. The molecule has 1 aromatic heterocycles. The summed E-state index contributed by atoms with van der Waals surface area (Å²) < 4.78 is 6.12. The van der Waals surface area contributed by atoms with Crippen LogP contribution in [-0.4, -0.2) is 23.2 Å². The van der Waals surface area contributed by atoms with Gasteiger partial charge in [-0.15, -0.1) is 0 Å². The number of pyridine rings is 1. The first-order valence-electron chi connectivity index (χ1n) is 5.69. The highest BCUT2D eigenvalue weighted by Crippen LogP contribution is 2.56. The van der Waals surface area contributed by atoms with Crippen molar-refractivity contribution in [2.75, 3.05) is 6.54 Å². The normalized spacial score (nSPS) is 40.1. The zero-order valence-electron chi connectivity index (χ0n) is 8.79. The summed E-state index contributed by atoms with van der Waals surface area (Å²) >= 11 is 0. The maximum atomic E-state index is 6.12. The van der Waals surface area contributed by atoms with Gasteiger partial charge in [0.25, 0.3) is 0 Å². The molecule has 4 rings (SSSR count). The van der Waals surface area contributed by atoms with Gasteiger partial charge in [-0.3, -0.25) is 0 Å². The molecule has 1 spiro atoms. The number of aryl methyl sites for hydroxylation is 1. The Labute approximate surface area is 88.9 Å². The molecule has 2 aliphatic heterocycles. The number of hydrogen-bond donors (Lipinski definition) is 1. The average Bonchev–Trinajstić information content (AvgIpc) is 2.63. The fourth-order valence-corrected chi connectivity index (χ4v) is 3.34. The van der Waals surface area contributed by atoms with Crippen LogP contribution in [0.2, 0.25) is 0 Å². The minimum Gasteiger partial charge on any atom is -0.468 e. The second kappa shape index (κ2) is 2.35. The molecule has 0 unspecified atom stereocenters. The Morgan fingerprint density at radius 1 is 1.53 bits per heavy atom. The van der Waals surface area contributed by atoms with Crippen molar-refractivity contribution < 1.29 is 4.74 Å². The molecule has 1 aromatic rings. The van der Waals surface area contributed by atoms with E-state index in [1.54, 1.807) is 0 Å². The van der Waals surface area contributed by atoms with Crippen molar-refractivity contribution >= 4 is 0 Å². The van der Waals surface area contributed by atoms with E-state index < -0.39 is 0 Å². The zero-order chi connectivity index (χ0) is 10.0. The molecule has 0 bridgehead atoms. The van der Waals surface area contributed by atoms with Crippen molar-refractivity contribution in [3.05, 3.63) is 23.4 Å². The lowest BCUT2D eigenvalue weighted by atomic mass is 9.70. The van der Waals surface area contributed by atoms with Gasteiger partial charge in [0, 0.05) is 29.8 Å². The molecule has 15 heavy (non-hydrogen) atoms. The highest BCUT2D eigenvalue weighted by molar-refractivity contribution is 5.44. The van der Waals surface area contributed by atoms with Gasteiger partial charge in [-0.1, -0.05) is 6.07 Å². The minimum absolute atomic E-state index is 0.0725. The van der Waals surface area contributed by atoms with E-state index in [1.807, 2.05) is 6.92 Å². The molecule has 1 saturated heterocycles. The number of nitrogens with one attached hydrogen (secondary N) is 1. The predicted octanol–water partition coefficient (Wildman–Crippen LogP) is 1.37. The Bertz CT molecular complexity index is 445. The third kappa shape index (κ3) is 0.797. The van der Waals surface area contributed by atoms with Gasteiger partial charge in [0.2, 0.25) is 5.88 Å². The number of fused-ring (bicyclic) bond motifs is 2. The van der Waals surface area contributed by atoms with E-state index in [0.717, 1.165) is 18.1 Å². The molecule has 1 aliphatic carbocycles. The molecule has 3 atom stereocenters. The van der Waals surface area contributed by atoms with Crippen LogP contribution in [0.25, 0.3) is 0 Å². The Balaban J connectivity index is 1.87. The third-order valence-electron chi connectivity index (χ3n) is 4.26. The van der Waals surface area contributed by atoms with E-state index in [9.17, 15) is 0 Å². The van der Waals surface area contributed by atoms with E-state index in [1.165, 1.54) is 18.4 Å². The smallest absolute Gasteiger partial charge is 0.217 e. The first-order chi connectivity index (χ1) is 7.29. The largest absolute Gasteiger partial charge is 0.468 e. The van der Waals surface area contributed by atoms with Crippen LogP contribution in [0.4, 0.5) is 0 Å². The molecule has 1 N–H and O–H groups in total. The standard InChI is InChI=1S/C12H14N2O/c1-7-2-3-8-9-6-13-10-4-5-12(9,10)15-11(8)14-7/h2-3,9-10,13H,4-6H2,1H3/t9-,10-,12+/m0/s1. The monoisotopic (exact) mass is 202 g/mol. The zero-order valence-corrected chi connectivity index (χ0v) is 8.79. The van der Waals surface area contributed by atoms with Crippen LogP contribution in [0, 0.1) is 6.92 Å². The molecular formula is C12H14N2O. The van der Waals surface area contributed by atoms with Crippen molar-refractivity contribution in [3.63, 3.8) is 0 Å². The Morgan fingerprint density at radius 2 is 2.47 bits per heavy atom. The van der Waals surface area contributed by atoms with Crippen molar-refractivity contribution in [1.29, 1.82) is 0 Å². The van der Waals surface area contributed by atoms with Crippen molar-refractivity contribution in [1.82, 2.24) is 10.3 Å². The van der Waals surface area contributed by atoms with Gasteiger partial charge in [-0.25, -0.2) is 4.98 Å². The summed E-state index contributed by atoms with van der Waals surface area (Å²) in [7, 11) is 0. The maximum absolute atomic E-state index is 6.12. The van der Waals surface area contributed by atoms with Crippen molar-refractivity contribution in [2.45, 2.75) is 37.3 Å². The fourth-order valence-electron chi connectivity index (χ4n) is 3.34. The van der Waals surface area contributed by atoms with Gasteiger partial charge >= 0.3 is 0 Å². The Morgan fingerprint density at radius 3 is 3.27 bits per heavy atom. The summed E-state index contributed by atoms with van der Waals surface area (Å²) in [4.78, 5) is 4.50. The summed E-state index contributed by atoms with van der Waals surface area (Å²) in [6.07, 6.45) is 2.44. The molecule has 0 radical (unpaired) electrons. The third-order valence-corrected chi connectivity index (χ3v) is 4.26. The van der Waals surface area contributed by atoms with E-state index in [4.69, 9.17) is 4.74 Å². The quantitative estimate of drug-likeness (QED) is 0.690. The number of nitrogens with zero attached hydrogens (tertiary/aromatic N) is 1. The van der Waals surface area contributed by atoms with Crippen molar-refractivity contribution in [3.8, 4) is 5.88 Å². The molecule has 1 saturated carbocycles. The molecular weight excluding hydrogens is 188 g/mol. The lowest BCUT2D eigenvalue weighted by molar-refractivity contribution is -0.0117. The SMILES string of the molecule is Cc1ccc2c(n1)O[C@@]13CC[C@@H]1NC[C@@H]23. The lowest BCUT2D eigenvalue weighted by Crippen LogP contribution is -2.56. The van der Waals surface area contributed by atoms with Crippen LogP contribution in [0.3, 0.4) is 0 Å². The summed E-state index contributed by atoms with van der Waals surface area (Å²) in [6.45, 7) is 3.08. The summed E-state index contributed by atoms with van der Waals surface area (Å²) in [6, 6.07) is 4.85. The van der Waals surface area contributed by atoms with E-state index in [2.05, 4.69) is 22.4 Å². The van der Waals surface area contributed by atoms with Crippen LogP contribution >= 0.6 is 0 Å². The number of rotatable bonds is 0. The molecule has 3 aliphatic rings. The molecule has 3 heterocycles. The molecule has 0 amide bonds. The topological polar surface area (TPSA) is 34.1 Å². The summed E-state index contributed by atoms with van der Waals surface area (Å²) in [5.41, 5.74) is 2.44. The van der Waals surface area contributed by atoms with Crippen LogP contribution < -0.4 is 10.1 Å². The van der Waals surface area contributed by atoms with Crippen LogP contribution in [0.15, 0.2) is 12.1 Å². The van der Waals surface area contributed by atoms with Gasteiger partial charge in [0.1, 0.15) is 5.60 Å². The predicted molar refractivity (Wildman–Crippen MR) is 56.1 cm³/mol. The van der Waals surface area contributed by atoms with E-state index in [-0.39, 0.29) is 5.60 Å². The average molecular weight is 202 g/mol. The second-order valence-electron chi connectivity index (χ2n) is 4.96. The molecule has 3 nitrogen and oxygen atoms in total. The second-order valence-corrected chi connectivity index (χ2v) is 4.96. The van der Waals surface area contributed by atoms with Gasteiger partial charge in [0.15, 0.2) is 0 Å². The first-order valence-corrected chi connectivity index (χ1v) is 5.69. The van der Waals surface area contributed by atoms with Gasteiger partial charge in [-0.2, -0.15) is 0 Å². The van der Waals surface area contributed by atoms with Gasteiger partial charge in [0.05, 0.1) is 0 Å². The Kier molecular flexibility index (Phi) is 1.27. The van der Waals surface area contributed by atoms with Gasteiger partial charge < -0.3 is 10.1 Å². The summed E-state index contributed by atoms with van der Waals surface area (Å²) in [5, 5.41) is 3.55. The van der Waals surface area contributed by atoms with E-state index >= 15 is 0 Å².